The van der Waals surface area contributed by atoms with Crippen LogP contribution in [0.1, 0.15) is 43.5 Å². The molecule has 4 rings (SSSR count). The monoisotopic (exact) mass is 485 g/mol. The Kier molecular flexibility index (Phi) is 7.44. The Morgan fingerprint density at radius 3 is 2.33 bits per heavy atom. The highest BCUT2D eigenvalue weighted by Gasteiger charge is 2.47. The molecule has 3 aromatic rings. The molecule has 1 aliphatic rings. The first-order chi connectivity index (χ1) is 17.3. The Hall–Kier alpha value is -4.06. The van der Waals surface area contributed by atoms with Crippen LogP contribution in [0.3, 0.4) is 0 Å². The number of ketones is 1. The van der Waals surface area contributed by atoms with E-state index in [9.17, 15) is 14.7 Å². The van der Waals surface area contributed by atoms with E-state index in [0.29, 0.717) is 47.4 Å². The van der Waals surface area contributed by atoms with Crippen molar-refractivity contribution in [3.8, 4) is 11.5 Å². The number of anilines is 1. The summed E-state index contributed by atoms with van der Waals surface area (Å²) in [7, 11) is 0. The summed E-state index contributed by atoms with van der Waals surface area (Å²) < 4.78 is 11.4. The van der Waals surface area contributed by atoms with Gasteiger partial charge in [-0.15, -0.1) is 0 Å². The van der Waals surface area contributed by atoms with Crippen molar-refractivity contribution >= 4 is 23.1 Å². The van der Waals surface area contributed by atoms with E-state index in [1.54, 1.807) is 30.3 Å². The van der Waals surface area contributed by atoms with Gasteiger partial charge < -0.3 is 14.6 Å². The first kappa shape index (κ1) is 25.0. The van der Waals surface area contributed by atoms with Crippen molar-refractivity contribution < 1.29 is 24.2 Å². The number of hydrogen-bond acceptors (Lipinski definition) is 5. The van der Waals surface area contributed by atoms with Crippen molar-refractivity contribution in [3.63, 3.8) is 0 Å². The van der Waals surface area contributed by atoms with Crippen molar-refractivity contribution in [1.82, 2.24) is 0 Å². The second-order valence-electron chi connectivity index (χ2n) is 9.24. The summed E-state index contributed by atoms with van der Waals surface area (Å²) in [6.45, 7) is 8.99. The van der Waals surface area contributed by atoms with Gasteiger partial charge in [0.1, 0.15) is 17.3 Å². The molecule has 3 aromatic carbocycles. The Labute approximate surface area is 211 Å². The fourth-order valence-corrected chi connectivity index (χ4v) is 4.26. The molecule has 0 bridgehead atoms. The third-order valence-corrected chi connectivity index (χ3v) is 5.92. The second-order valence-corrected chi connectivity index (χ2v) is 9.24. The van der Waals surface area contributed by atoms with Crippen molar-refractivity contribution in [2.45, 2.75) is 33.7 Å². The van der Waals surface area contributed by atoms with Crippen LogP contribution in [0.2, 0.25) is 0 Å². The van der Waals surface area contributed by atoms with E-state index in [4.69, 9.17) is 9.47 Å². The van der Waals surface area contributed by atoms with Gasteiger partial charge in [0.15, 0.2) is 0 Å². The van der Waals surface area contributed by atoms with E-state index in [1.807, 2.05) is 56.3 Å². The lowest BCUT2D eigenvalue weighted by Crippen LogP contribution is -2.29. The molecule has 1 atom stereocenters. The van der Waals surface area contributed by atoms with E-state index >= 15 is 0 Å². The number of aryl methyl sites for hydroxylation is 1. The lowest BCUT2D eigenvalue weighted by Gasteiger charge is -2.26. The number of ether oxygens (including phenoxy) is 2. The Balaban J connectivity index is 1.85. The molecule has 1 fully saturated rings. The van der Waals surface area contributed by atoms with Crippen molar-refractivity contribution in [2.75, 3.05) is 18.1 Å². The number of benzene rings is 3. The van der Waals surface area contributed by atoms with Crippen molar-refractivity contribution in [3.05, 3.63) is 95.1 Å². The van der Waals surface area contributed by atoms with Crippen LogP contribution < -0.4 is 14.4 Å². The first-order valence-corrected chi connectivity index (χ1v) is 12.1. The molecule has 186 valence electrons. The van der Waals surface area contributed by atoms with Gasteiger partial charge in [0.25, 0.3) is 11.7 Å². The number of rotatable bonds is 8. The van der Waals surface area contributed by atoms with Gasteiger partial charge in [0.05, 0.1) is 24.8 Å². The molecule has 1 aliphatic heterocycles. The number of carbonyl (C=O) groups is 2. The lowest BCUT2D eigenvalue weighted by molar-refractivity contribution is -0.132. The van der Waals surface area contributed by atoms with E-state index in [1.165, 1.54) is 4.90 Å². The van der Waals surface area contributed by atoms with Gasteiger partial charge >= 0.3 is 0 Å². The predicted octanol–water partition coefficient (Wildman–Crippen LogP) is 6.05. The summed E-state index contributed by atoms with van der Waals surface area (Å²) in [4.78, 5) is 28.2. The van der Waals surface area contributed by atoms with Gasteiger partial charge in [-0.3, -0.25) is 14.5 Å². The molecular formula is C30H31NO5. The summed E-state index contributed by atoms with van der Waals surface area (Å²) >= 11 is 0. The molecule has 0 saturated carbocycles. The number of aliphatic hydroxyl groups is 1. The second kappa shape index (κ2) is 10.7. The van der Waals surface area contributed by atoms with Crippen LogP contribution in [0.25, 0.3) is 5.76 Å². The molecule has 6 heteroatoms. The summed E-state index contributed by atoms with van der Waals surface area (Å²) in [5.74, 6) is -0.0167. The van der Waals surface area contributed by atoms with E-state index in [0.717, 1.165) is 5.56 Å². The predicted molar refractivity (Wildman–Crippen MR) is 140 cm³/mol. The molecule has 6 nitrogen and oxygen atoms in total. The zero-order valence-electron chi connectivity index (χ0n) is 21.0. The molecule has 36 heavy (non-hydrogen) atoms. The average Bonchev–Trinajstić information content (AvgIpc) is 3.13. The lowest BCUT2D eigenvalue weighted by atomic mass is 9.95. The van der Waals surface area contributed by atoms with Crippen LogP contribution in [-0.2, 0) is 9.59 Å². The number of aliphatic hydroxyl groups excluding tert-OH is 1. The minimum atomic E-state index is -0.804. The fraction of sp³-hybridized carbons (Fsp3) is 0.267. The zero-order valence-corrected chi connectivity index (χ0v) is 21.0. The maximum atomic E-state index is 13.4. The number of hydrogen-bond donors (Lipinski definition) is 1. The standard InChI is InChI=1S/C30H31NO5/c1-5-35-25-11-7-9-22(17-25)28(32)26-27(21-12-14-24(15-13-21)36-18-19(2)3)31(30(34)29(26)33)23-10-6-8-20(4)16-23/h6-17,19,27,32H,5,18H2,1-4H3/b28-26+. The topological polar surface area (TPSA) is 76.1 Å². The third kappa shape index (κ3) is 5.13. The van der Waals surface area contributed by atoms with E-state index in [2.05, 4.69) is 13.8 Å². The average molecular weight is 486 g/mol. The van der Waals surface area contributed by atoms with Gasteiger partial charge in [-0.1, -0.05) is 50.2 Å². The smallest absolute Gasteiger partial charge is 0.300 e. The van der Waals surface area contributed by atoms with E-state index < -0.39 is 17.7 Å². The van der Waals surface area contributed by atoms with Gasteiger partial charge in [-0.2, -0.15) is 0 Å². The molecular weight excluding hydrogens is 454 g/mol. The molecule has 1 amide bonds. The number of carbonyl (C=O) groups excluding carboxylic acids is 2. The number of Topliss-reactive ketones (excluding diaryl/α,β-unsaturated/α-hetero) is 1. The van der Waals surface area contributed by atoms with Crippen molar-refractivity contribution in [2.24, 2.45) is 5.92 Å². The summed E-state index contributed by atoms with van der Waals surface area (Å²) in [6.07, 6.45) is 0. The molecule has 0 aromatic heterocycles. The van der Waals surface area contributed by atoms with E-state index in [-0.39, 0.29) is 11.3 Å². The van der Waals surface area contributed by atoms with Crippen LogP contribution in [0.5, 0.6) is 11.5 Å². The Morgan fingerprint density at radius 2 is 1.67 bits per heavy atom. The molecule has 0 aliphatic carbocycles. The van der Waals surface area contributed by atoms with Crippen LogP contribution >= 0.6 is 0 Å². The molecule has 0 spiro atoms. The number of amides is 1. The minimum Gasteiger partial charge on any atom is -0.507 e. The highest BCUT2D eigenvalue weighted by molar-refractivity contribution is 6.51. The minimum absolute atomic E-state index is 0.0333. The summed E-state index contributed by atoms with van der Waals surface area (Å²) in [6, 6.07) is 20.8. The maximum absolute atomic E-state index is 13.4. The Morgan fingerprint density at radius 1 is 0.944 bits per heavy atom. The molecule has 1 N–H and O–H groups in total. The van der Waals surface area contributed by atoms with Crippen LogP contribution in [0, 0.1) is 12.8 Å². The Bertz CT molecular complexity index is 1290. The molecule has 1 heterocycles. The first-order valence-electron chi connectivity index (χ1n) is 12.1. The quantitative estimate of drug-likeness (QED) is 0.239. The normalized spacial score (nSPS) is 17.0. The van der Waals surface area contributed by atoms with Gasteiger partial charge in [0, 0.05) is 11.3 Å². The summed E-state index contributed by atoms with van der Waals surface area (Å²) in [5.41, 5.74) is 2.67. The SMILES string of the molecule is CCOc1cccc(/C(O)=C2\C(=O)C(=O)N(c3cccc(C)c3)C2c2ccc(OCC(C)C)cc2)c1. The molecule has 0 radical (unpaired) electrons. The van der Waals surface area contributed by atoms with Crippen molar-refractivity contribution in [1.29, 1.82) is 0 Å². The molecule has 1 unspecified atom stereocenters. The highest BCUT2D eigenvalue weighted by Crippen LogP contribution is 2.42. The van der Waals surface area contributed by atoms with Crippen LogP contribution in [-0.4, -0.2) is 30.0 Å². The third-order valence-electron chi connectivity index (χ3n) is 5.92. The largest absolute Gasteiger partial charge is 0.507 e. The van der Waals surface area contributed by atoms with Crippen LogP contribution in [0.15, 0.2) is 78.4 Å². The fourth-order valence-electron chi connectivity index (χ4n) is 4.26. The summed E-state index contributed by atoms with van der Waals surface area (Å²) in [5, 5.41) is 11.4. The van der Waals surface area contributed by atoms with Gasteiger partial charge in [-0.25, -0.2) is 0 Å². The number of nitrogens with zero attached hydrogens (tertiary/aromatic N) is 1. The van der Waals surface area contributed by atoms with Gasteiger partial charge in [0.2, 0.25) is 0 Å². The van der Waals surface area contributed by atoms with Gasteiger partial charge in [-0.05, 0) is 67.3 Å². The van der Waals surface area contributed by atoms with Crippen LogP contribution in [0.4, 0.5) is 5.69 Å². The highest BCUT2D eigenvalue weighted by atomic mass is 16.5. The zero-order chi connectivity index (χ0) is 25.8. The molecule has 1 saturated heterocycles. The maximum Gasteiger partial charge on any atom is 0.300 e.